The van der Waals surface area contributed by atoms with Gasteiger partial charge in [0.15, 0.2) is 11.1 Å². The zero-order valence-corrected chi connectivity index (χ0v) is 8.41. The van der Waals surface area contributed by atoms with Crippen LogP contribution in [-0.2, 0) is 4.74 Å². The molecule has 0 N–H and O–H groups in total. The molecule has 0 heterocycles. The molecule has 0 amide bonds. The topological polar surface area (TPSA) is 9.23 Å². The summed E-state index contributed by atoms with van der Waals surface area (Å²) in [5.74, 6) is 0. The molecular weight excluding hydrogens is 230 g/mol. The van der Waals surface area contributed by atoms with Gasteiger partial charge in [-0.05, 0) is 12.2 Å². The fourth-order valence-electron chi connectivity index (χ4n) is 0.329. The first-order valence-electron chi connectivity index (χ1n) is 2.68. The number of alkyl halides is 2. The maximum atomic E-state index is 5.56. The quantitative estimate of drug-likeness (QED) is 0.677. The van der Waals surface area contributed by atoms with Crippen LogP contribution in [0.25, 0.3) is 0 Å². The highest BCUT2D eigenvalue weighted by atomic mass is 35.5. The molecule has 2 atom stereocenters. The van der Waals surface area contributed by atoms with Crippen molar-refractivity contribution in [2.75, 3.05) is 0 Å². The zero-order valence-electron chi connectivity index (χ0n) is 5.38. The second kappa shape index (κ2) is 7.26. The van der Waals surface area contributed by atoms with E-state index in [-0.39, 0.29) is 0 Å². The SMILES string of the molecule is ClC=CC(Cl)OC(Cl)C=CCl. The third kappa shape index (κ3) is 6.98. The van der Waals surface area contributed by atoms with Crippen LogP contribution in [0.2, 0.25) is 0 Å². The summed E-state index contributed by atoms with van der Waals surface area (Å²) in [7, 11) is 0. The number of halogens is 4. The van der Waals surface area contributed by atoms with Gasteiger partial charge >= 0.3 is 0 Å². The standard InChI is InChI=1S/C6H6Cl4O/c7-3-1-5(9)11-6(10)2-4-8/h1-6H. The Kier molecular flexibility index (Phi) is 7.66. The van der Waals surface area contributed by atoms with Gasteiger partial charge in [0.2, 0.25) is 0 Å². The Morgan fingerprint density at radius 3 is 1.55 bits per heavy atom. The normalized spacial score (nSPS) is 17.8. The molecule has 0 aromatic rings. The number of hydrogen-bond acceptors (Lipinski definition) is 1. The van der Waals surface area contributed by atoms with E-state index in [0.29, 0.717) is 0 Å². The second-order valence-electron chi connectivity index (χ2n) is 1.48. The lowest BCUT2D eigenvalue weighted by Crippen LogP contribution is -2.07. The average molecular weight is 236 g/mol. The van der Waals surface area contributed by atoms with Crippen LogP contribution >= 0.6 is 46.4 Å². The molecule has 1 nitrogen and oxygen atoms in total. The van der Waals surface area contributed by atoms with E-state index in [1.807, 2.05) is 0 Å². The summed E-state index contributed by atoms with van der Waals surface area (Å²) >= 11 is 21.6. The number of rotatable bonds is 4. The first kappa shape index (κ1) is 11.6. The van der Waals surface area contributed by atoms with Crippen LogP contribution in [0, 0.1) is 0 Å². The molecule has 2 unspecified atom stereocenters. The summed E-state index contributed by atoms with van der Waals surface area (Å²) in [5, 5.41) is 0. The van der Waals surface area contributed by atoms with Gasteiger partial charge in [-0.3, -0.25) is 0 Å². The molecule has 0 aliphatic carbocycles. The van der Waals surface area contributed by atoms with Crippen molar-refractivity contribution in [3.05, 3.63) is 23.2 Å². The van der Waals surface area contributed by atoms with E-state index in [1.165, 1.54) is 23.2 Å². The van der Waals surface area contributed by atoms with Gasteiger partial charge in [0.05, 0.1) is 0 Å². The van der Waals surface area contributed by atoms with Crippen LogP contribution in [-0.4, -0.2) is 11.1 Å². The van der Waals surface area contributed by atoms with Gasteiger partial charge in [0, 0.05) is 11.1 Å². The van der Waals surface area contributed by atoms with Crippen molar-refractivity contribution in [1.82, 2.24) is 0 Å². The third-order valence-electron chi connectivity index (χ3n) is 0.708. The van der Waals surface area contributed by atoms with Gasteiger partial charge in [-0.25, -0.2) is 0 Å². The van der Waals surface area contributed by atoms with E-state index in [9.17, 15) is 0 Å². The Morgan fingerprint density at radius 1 is 0.909 bits per heavy atom. The molecule has 0 aromatic heterocycles. The molecule has 0 bridgehead atoms. The van der Waals surface area contributed by atoms with Crippen LogP contribution in [0.3, 0.4) is 0 Å². The van der Waals surface area contributed by atoms with Gasteiger partial charge in [-0.1, -0.05) is 46.4 Å². The van der Waals surface area contributed by atoms with Gasteiger partial charge in [-0.15, -0.1) is 0 Å². The molecule has 0 rings (SSSR count). The Balaban J connectivity index is 3.65. The molecule has 0 spiro atoms. The molecule has 0 aliphatic rings. The number of hydrogen-bond donors (Lipinski definition) is 0. The number of ether oxygens (including phenoxy) is 1. The fraction of sp³-hybridized carbons (Fsp3) is 0.333. The van der Waals surface area contributed by atoms with Gasteiger partial charge < -0.3 is 4.74 Å². The van der Waals surface area contributed by atoms with Crippen molar-refractivity contribution >= 4 is 46.4 Å². The van der Waals surface area contributed by atoms with Crippen LogP contribution in [0.5, 0.6) is 0 Å². The molecule has 64 valence electrons. The molecule has 0 saturated carbocycles. The summed E-state index contributed by atoms with van der Waals surface area (Å²) in [6, 6.07) is 0. The van der Waals surface area contributed by atoms with Crippen molar-refractivity contribution in [3.63, 3.8) is 0 Å². The summed E-state index contributed by atoms with van der Waals surface area (Å²) in [6.45, 7) is 0. The van der Waals surface area contributed by atoms with Crippen molar-refractivity contribution in [3.8, 4) is 0 Å². The first-order chi connectivity index (χ1) is 5.20. The maximum Gasteiger partial charge on any atom is 0.153 e. The minimum Gasteiger partial charge on any atom is -0.336 e. The molecule has 0 radical (unpaired) electrons. The monoisotopic (exact) mass is 234 g/mol. The van der Waals surface area contributed by atoms with Crippen molar-refractivity contribution in [2.45, 2.75) is 11.1 Å². The lowest BCUT2D eigenvalue weighted by Gasteiger charge is -2.08. The lowest BCUT2D eigenvalue weighted by atomic mass is 10.6. The Labute approximate surface area is 85.5 Å². The van der Waals surface area contributed by atoms with E-state index in [2.05, 4.69) is 0 Å². The van der Waals surface area contributed by atoms with E-state index in [0.717, 1.165) is 0 Å². The summed E-state index contributed by atoms with van der Waals surface area (Å²) < 4.78 is 4.92. The van der Waals surface area contributed by atoms with Crippen LogP contribution in [0.1, 0.15) is 0 Å². The molecule has 0 aromatic carbocycles. The summed E-state index contributed by atoms with van der Waals surface area (Å²) in [6.07, 6.45) is 2.89. The van der Waals surface area contributed by atoms with E-state index >= 15 is 0 Å². The molecule has 0 saturated heterocycles. The van der Waals surface area contributed by atoms with Gasteiger partial charge in [0.1, 0.15) is 0 Å². The Morgan fingerprint density at radius 2 is 1.27 bits per heavy atom. The molecule has 5 heteroatoms. The predicted octanol–water partition coefficient (Wildman–Crippen LogP) is 3.64. The average Bonchev–Trinajstić information content (AvgIpc) is 1.87. The van der Waals surface area contributed by atoms with Crippen molar-refractivity contribution < 1.29 is 4.74 Å². The fourth-order valence-corrected chi connectivity index (χ4v) is 1.16. The van der Waals surface area contributed by atoms with Crippen LogP contribution < -0.4 is 0 Å². The Hall–Kier alpha value is 0.600. The highest BCUT2D eigenvalue weighted by Gasteiger charge is 2.04. The smallest absolute Gasteiger partial charge is 0.153 e. The minimum absolute atomic E-state index is 0.636. The van der Waals surface area contributed by atoms with Crippen molar-refractivity contribution in [2.24, 2.45) is 0 Å². The summed E-state index contributed by atoms with van der Waals surface area (Å²) in [5.41, 5.74) is 1.24. The molecule has 0 fully saturated rings. The van der Waals surface area contributed by atoms with Crippen LogP contribution in [0.4, 0.5) is 0 Å². The maximum absolute atomic E-state index is 5.56. The van der Waals surface area contributed by atoms with E-state index < -0.39 is 11.1 Å². The minimum atomic E-state index is -0.636. The highest BCUT2D eigenvalue weighted by molar-refractivity contribution is 6.28. The largest absolute Gasteiger partial charge is 0.336 e. The molecular formula is C6H6Cl4O. The van der Waals surface area contributed by atoms with Crippen molar-refractivity contribution in [1.29, 1.82) is 0 Å². The lowest BCUT2D eigenvalue weighted by molar-refractivity contribution is 0.137. The zero-order chi connectivity index (χ0) is 8.69. The third-order valence-corrected chi connectivity index (χ3v) is 1.50. The van der Waals surface area contributed by atoms with E-state index in [4.69, 9.17) is 51.1 Å². The molecule has 11 heavy (non-hydrogen) atoms. The Bertz CT molecular complexity index is 130. The van der Waals surface area contributed by atoms with Gasteiger partial charge in [0.25, 0.3) is 0 Å². The van der Waals surface area contributed by atoms with Crippen LogP contribution in [0.15, 0.2) is 23.2 Å². The van der Waals surface area contributed by atoms with Gasteiger partial charge in [-0.2, -0.15) is 0 Å². The summed E-state index contributed by atoms with van der Waals surface area (Å²) in [4.78, 5) is 0. The second-order valence-corrected chi connectivity index (χ2v) is 2.84. The first-order valence-corrected chi connectivity index (χ1v) is 4.42. The molecule has 0 aliphatic heterocycles. The predicted molar refractivity (Wildman–Crippen MR) is 50.4 cm³/mol. The highest BCUT2D eigenvalue weighted by Crippen LogP contribution is 2.10. The van der Waals surface area contributed by atoms with E-state index in [1.54, 1.807) is 0 Å².